The summed E-state index contributed by atoms with van der Waals surface area (Å²) in [6.45, 7) is 7.47. The molecule has 0 bridgehead atoms. The molecule has 1 aliphatic heterocycles. The van der Waals surface area contributed by atoms with Crippen molar-refractivity contribution in [3.05, 3.63) is 33.9 Å². The minimum Gasteiger partial charge on any atom is -0.326 e. The van der Waals surface area contributed by atoms with E-state index in [1.807, 2.05) is 0 Å². The Kier molecular flexibility index (Phi) is 5.46. The molecule has 0 spiro atoms. The number of carbonyl (C=O) groups excluding carboxylic acids is 1. The van der Waals surface area contributed by atoms with Gasteiger partial charge in [-0.2, -0.15) is 0 Å². The molecule has 1 fully saturated rings. The lowest BCUT2D eigenvalue weighted by molar-refractivity contribution is -0.384. The van der Waals surface area contributed by atoms with E-state index in [9.17, 15) is 14.9 Å². The number of piperazine rings is 1. The van der Waals surface area contributed by atoms with Crippen LogP contribution in [0.1, 0.15) is 18.9 Å². The Morgan fingerprint density at radius 2 is 2.32 bits per heavy atom. The molecule has 0 unspecified atom stereocenters. The molecule has 0 saturated carbocycles. The van der Waals surface area contributed by atoms with E-state index < -0.39 is 4.92 Å². The molecule has 2 N–H and O–H groups in total. The van der Waals surface area contributed by atoms with Crippen molar-refractivity contribution in [3.8, 4) is 0 Å². The smallest absolute Gasteiger partial charge is 0.269 e. The Hall–Kier alpha value is -1.99. The Balaban J connectivity index is 1.88. The highest BCUT2D eigenvalue weighted by molar-refractivity contribution is 5.91. The minimum absolute atomic E-state index is 0.0325. The minimum atomic E-state index is -0.440. The van der Waals surface area contributed by atoms with E-state index >= 15 is 0 Å². The maximum atomic E-state index is 12.0. The molecule has 1 heterocycles. The number of hydrogen-bond donors (Lipinski definition) is 2. The van der Waals surface area contributed by atoms with Crippen LogP contribution in [0.2, 0.25) is 0 Å². The number of nitro benzene ring substituents is 1. The average Bonchev–Trinajstić information content (AvgIpc) is 2.48. The van der Waals surface area contributed by atoms with E-state index in [1.54, 1.807) is 13.0 Å². The second-order valence-corrected chi connectivity index (χ2v) is 5.64. The molecule has 1 amide bonds. The van der Waals surface area contributed by atoms with Crippen LogP contribution in [0, 0.1) is 17.0 Å². The van der Waals surface area contributed by atoms with Crippen molar-refractivity contribution in [2.45, 2.75) is 26.3 Å². The summed E-state index contributed by atoms with van der Waals surface area (Å²) in [7, 11) is 0. The number of amides is 1. The van der Waals surface area contributed by atoms with Crippen LogP contribution in [0.3, 0.4) is 0 Å². The third-order valence-electron chi connectivity index (χ3n) is 3.96. The summed E-state index contributed by atoms with van der Waals surface area (Å²) in [5.74, 6) is -0.0670. The fraction of sp³-hybridized carbons (Fsp3) is 0.533. The van der Waals surface area contributed by atoms with Gasteiger partial charge >= 0.3 is 0 Å². The van der Waals surface area contributed by atoms with Gasteiger partial charge in [-0.3, -0.25) is 19.8 Å². The zero-order valence-electron chi connectivity index (χ0n) is 13.0. The van der Waals surface area contributed by atoms with Crippen LogP contribution in [-0.4, -0.2) is 48.0 Å². The van der Waals surface area contributed by atoms with Gasteiger partial charge in [0.2, 0.25) is 5.91 Å². The number of aryl methyl sites for hydroxylation is 1. The lowest BCUT2D eigenvalue weighted by atomic mass is 10.1. The first kappa shape index (κ1) is 16.4. The first-order chi connectivity index (χ1) is 10.5. The summed E-state index contributed by atoms with van der Waals surface area (Å²) in [5, 5.41) is 16.8. The predicted octanol–water partition coefficient (Wildman–Crippen LogP) is 1.53. The molecule has 1 atom stereocenters. The van der Waals surface area contributed by atoms with Crippen LogP contribution in [0.15, 0.2) is 18.2 Å². The molecule has 1 aliphatic rings. The van der Waals surface area contributed by atoms with E-state index in [0.717, 1.165) is 26.2 Å². The van der Waals surface area contributed by atoms with Gasteiger partial charge in [0, 0.05) is 56.5 Å². The fourth-order valence-electron chi connectivity index (χ4n) is 2.57. The molecule has 7 nitrogen and oxygen atoms in total. The zero-order chi connectivity index (χ0) is 16.1. The van der Waals surface area contributed by atoms with Crippen molar-refractivity contribution in [2.75, 3.05) is 31.5 Å². The van der Waals surface area contributed by atoms with Gasteiger partial charge in [-0.25, -0.2) is 0 Å². The van der Waals surface area contributed by atoms with Crippen molar-refractivity contribution in [3.63, 3.8) is 0 Å². The molecule has 0 aliphatic carbocycles. The number of nitrogens with zero attached hydrogens (tertiary/aromatic N) is 2. The van der Waals surface area contributed by atoms with Crippen molar-refractivity contribution in [1.82, 2.24) is 10.2 Å². The van der Waals surface area contributed by atoms with E-state index in [1.165, 1.54) is 12.1 Å². The van der Waals surface area contributed by atoms with Gasteiger partial charge in [0.05, 0.1) is 4.92 Å². The van der Waals surface area contributed by atoms with Crippen molar-refractivity contribution >= 4 is 17.3 Å². The fourth-order valence-corrected chi connectivity index (χ4v) is 2.57. The lowest BCUT2D eigenvalue weighted by Gasteiger charge is -2.33. The molecule has 0 aromatic heterocycles. The second kappa shape index (κ2) is 7.33. The molecule has 120 valence electrons. The third-order valence-corrected chi connectivity index (χ3v) is 3.96. The van der Waals surface area contributed by atoms with Gasteiger partial charge in [0.25, 0.3) is 5.69 Å². The Labute approximate surface area is 129 Å². The van der Waals surface area contributed by atoms with Crippen LogP contribution < -0.4 is 10.6 Å². The Bertz CT molecular complexity index is 562. The molecule has 22 heavy (non-hydrogen) atoms. The van der Waals surface area contributed by atoms with Crippen LogP contribution in [-0.2, 0) is 4.79 Å². The summed E-state index contributed by atoms with van der Waals surface area (Å²) in [6, 6.07) is 4.89. The maximum absolute atomic E-state index is 12.0. The number of hydrogen-bond acceptors (Lipinski definition) is 5. The molecule has 0 radical (unpaired) electrons. The Morgan fingerprint density at radius 1 is 1.55 bits per heavy atom. The van der Waals surface area contributed by atoms with Gasteiger partial charge < -0.3 is 10.6 Å². The largest absolute Gasteiger partial charge is 0.326 e. The predicted molar refractivity (Wildman–Crippen MR) is 85.0 cm³/mol. The third kappa shape index (κ3) is 4.25. The van der Waals surface area contributed by atoms with E-state index in [2.05, 4.69) is 22.5 Å². The van der Waals surface area contributed by atoms with Gasteiger partial charge in [0.15, 0.2) is 0 Å². The van der Waals surface area contributed by atoms with E-state index in [4.69, 9.17) is 0 Å². The van der Waals surface area contributed by atoms with Gasteiger partial charge in [-0.1, -0.05) is 0 Å². The highest BCUT2D eigenvalue weighted by Crippen LogP contribution is 2.21. The normalized spacial score (nSPS) is 18.9. The number of rotatable bonds is 5. The highest BCUT2D eigenvalue weighted by atomic mass is 16.6. The van der Waals surface area contributed by atoms with Crippen LogP contribution in [0.25, 0.3) is 0 Å². The zero-order valence-corrected chi connectivity index (χ0v) is 13.0. The standard InChI is InChI=1S/C15H22N4O3/c1-11-9-13(19(21)22)3-4-14(11)17-15(20)5-7-18-8-6-16-10-12(18)2/h3-4,9,12,16H,5-8,10H2,1-2H3,(H,17,20)/t12-/m1/s1. The summed E-state index contributed by atoms with van der Waals surface area (Å²) in [4.78, 5) is 24.6. The first-order valence-electron chi connectivity index (χ1n) is 7.47. The van der Waals surface area contributed by atoms with Crippen molar-refractivity contribution in [1.29, 1.82) is 0 Å². The van der Waals surface area contributed by atoms with Crippen molar-refractivity contribution < 1.29 is 9.72 Å². The van der Waals surface area contributed by atoms with Gasteiger partial charge in [-0.05, 0) is 25.5 Å². The molecule has 1 aromatic rings. The number of carbonyl (C=O) groups is 1. The highest BCUT2D eigenvalue weighted by Gasteiger charge is 2.18. The molecular weight excluding hydrogens is 284 g/mol. The SMILES string of the molecule is Cc1cc([N+](=O)[O-])ccc1NC(=O)CCN1CCNC[C@H]1C. The molecule has 1 aromatic carbocycles. The van der Waals surface area contributed by atoms with Crippen LogP contribution in [0.5, 0.6) is 0 Å². The number of anilines is 1. The van der Waals surface area contributed by atoms with Crippen LogP contribution >= 0.6 is 0 Å². The van der Waals surface area contributed by atoms with Crippen LogP contribution in [0.4, 0.5) is 11.4 Å². The number of nitro groups is 1. The summed E-state index contributed by atoms with van der Waals surface area (Å²) in [6.07, 6.45) is 0.417. The second-order valence-electron chi connectivity index (χ2n) is 5.64. The maximum Gasteiger partial charge on any atom is 0.269 e. The summed E-state index contributed by atoms with van der Waals surface area (Å²) in [5.41, 5.74) is 1.35. The quantitative estimate of drug-likeness (QED) is 0.636. The molecule has 2 rings (SSSR count). The first-order valence-corrected chi connectivity index (χ1v) is 7.47. The molecular formula is C15H22N4O3. The van der Waals surface area contributed by atoms with Gasteiger partial charge in [0.1, 0.15) is 0 Å². The molecule has 7 heteroatoms. The topological polar surface area (TPSA) is 87.5 Å². The van der Waals surface area contributed by atoms with Gasteiger partial charge in [-0.15, -0.1) is 0 Å². The number of nitrogens with one attached hydrogen (secondary N) is 2. The number of benzene rings is 1. The van der Waals surface area contributed by atoms with E-state index in [-0.39, 0.29) is 11.6 Å². The summed E-state index contributed by atoms with van der Waals surface area (Å²) < 4.78 is 0. The lowest BCUT2D eigenvalue weighted by Crippen LogP contribution is -2.50. The van der Waals surface area contributed by atoms with Crippen molar-refractivity contribution in [2.24, 2.45) is 0 Å². The molecule has 1 saturated heterocycles. The van der Waals surface area contributed by atoms with E-state index in [0.29, 0.717) is 23.7 Å². The summed E-state index contributed by atoms with van der Waals surface area (Å²) >= 11 is 0. The Morgan fingerprint density at radius 3 is 2.95 bits per heavy atom. The average molecular weight is 306 g/mol. The number of non-ortho nitro benzene ring substituents is 1. The monoisotopic (exact) mass is 306 g/mol.